The van der Waals surface area contributed by atoms with E-state index < -0.39 is 17.7 Å². The van der Waals surface area contributed by atoms with E-state index in [1.807, 2.05) is 13.0 Å². The van der Waals surface area contributed by atoms with Gasteiger partial charge in [-0.05, 0) is 66.6 Å². The Labute approximate surface area is 221 Å². The van der Waals surface area contributed by atoms with E-state index in [0.29, 0.717) is 39.0 Å². The van der Waals surface area contributed by atoms with Gasteiger partial charge in [-0.2, -0.15) is 0 Å². The Morgan fingerprint density at radius 1 is 1.14 bits per heavy atom. The van der Waals surface area contributed by atoms with Crippen molar-refractivity contribution in [3.63, 3.8) is 0 Å². The highest BCUT2D eigenvalue weighted by Gasteiger charge is 2.48. The lowest BCUT2D eigenvalue weighted by molar-refractivity contribution is -0.132. The molecule has 1 saturated heterocycles. The monoisotopic (exact) mass is 532 g/mol. The summed E-state index contributed by atoms with van der Waals surface area (Å²) in [7, 11) is 1.56. The highest BCUT2D eigenvalue weighted by molar-refractivity contribution is 7.22. The molecule has 1 aromatic heterocycles. The number of aromatic nitrogens is 1. The van der Waals surface area contributed by atoms with E-state index in [-0.39, 0.29) is 17.4 Å². The van der Waals surface area contributed by atoms with Crippen LogP contribution in [0.25, 0.3) is 16.0 Å². The van der Waals surface area contributed by atoms with E-state index in [0.717, 1.165) is 16.0 Å². The molecule has 3 aromatic carbocycles. The highest BCUT2D eigenvalue weighted by atomic mass is 35.5. The predicted octanol–water partition coefficient (Wildman–Crippen LogP) is 5.91. The van der Waals surface area contributed by atoms with Crippen LogP contribution in [-0.4, -0.2) is 35.0 Å². The number of hydrogen-bond acceptors (Lipinski definition) is 7. The summed E-state index contributed by atoms with van der Waals surface area (Å²) in [6.45, 7) is 1.97. The largest absolute Gasteiger partial charge is 0.507 e. The smallest absolute Gasteiger partial charge is 0.301 e. The van der Waals surface area contributed by atoms with Crippen molar-refractivity contribution < 1.29 is 24.2 Å². The lowest BCUT2D eigenvalue weighted by atomic mass is 9.94. The van der Waals surface area contributed by atoms with Crippen molar-refractivity contribution in [1.29, 1.82) is 0 Å². The number of aliphatic hydroxyl groups excluding tert-OH is 1. The van der Waals surface area contributed by atoms with Crippen LogP contribution in [-0.2, 0) is 16.0 Å². The molecule has 37 heavy (non-hydrogen) atoms. The number of Topliss-reactive ketones (excluding diaryl/α,β-unsaturated/α-hetero) is 1. The molecule has 2 aliphatic heterocycles. The lowest BCUT2D eigenvalue weighted by Gasteiger charge is -2.23. The molecule has 0 spiro atoms. The van der Waals surface area contributed by atoms with Gasteiger partial charge >= 0.3 is 5.91 Å². The Kier molecular flexibility index (Phi) is 5.66. The standard InChI is InChI=1S/C28H21ClN2O5S/c1-14-11-17-12-16(5-10-21(17)36-14)25(32)23-24(15-3-7-19(35-2)8-4-15)31(27(34)26(23)33)28-30-20-9-6-18(29)13-22(20)37-28/h3-10,12-14,24,32H,11H2,1-2H3/t14-,24+/m0/s1. The van der Waals surface area contributed by atoms with Crippen LogP contribution in [0.2, 0.25) is 5.02 Å². The minimum Gasteiger partial charge on any atom is -0.507 e. The summed E-state index contributed by atoms with van der Waals surface area (Å²) in [4.78, 5) is 32.9. The molecule has 6 rings (SSSR count). The van der Waals surface area contributed by atoms with Crippen LogP contribution in [0.5, 0.6) is 11.5 Å². The van der Waals surface area contributed by atoms with Gasteiger partial charge in [0.2, 0.25) is 0 Å². The molecule has 2 aliphatic rings. The first-order valence-corrected chi connectivity index (χ1v) is 12.8. The molecule has 1 amide bonds. The van der Waals surface area contributed by atoms with Crippen LogP contribution < -0.4 is 14.4 Å². The summed E-state index contributed by atoms with van der Waals surface area (Å²) in [5.41, 5.74) is 2.68. The second-order valence-electron chi connectivity index (χ2n) is 9.01. The number of carbonyl (C=O) groups excluding carboxylic acids is 2. The maximum absolute atomic E-state index is 13.5. The quantitative estimate of drug-likeness (QED) is 0.200. The molecular formula is C28H21ClN2O5S. The van der Waals surface area contributed by atoms with Crippen molar-refractivity contribution >= 4 is 55.7 Å². The van der Waals surface area contributed by atoms with Gasteiger partial charge in [0.1, 0.15) is 23.4 Å². The predicted molar refractivity (Wildman–Crippen MR) is 143 cm³/mol. The number of aliphatic hydroxyl groups is 1. The Morgan fingerprint density at radius 2 is 1.92 bits per heavy atom. The second kappa shape index (κ2) is 8.90. The van der Waals surface area contributed by atoms with E-state index in [9.17, 15) is 14.7 Å². The zero-order chi connectivity index (χ0) is 25.8. The van der Waals surface area contributed by atoms with Gasteiger partial charge < -0.3 is 14.6 Å². The average Bonchev–Trinajstić information content (AvgIpc) is 3.55. The number of ether oxygens (including phenoxy) is 2. The number of fused-ring (bicyclic) bond motifs is 2. The minimum absolute atomic E-state index is 0.000584. The first kappa shape index (κ1) is 23.5. The normalized spacial score (nSPS) is 20.4. The molecule has 0 unspecified atom stereocenters. The van der Waals surface area contributed by atoms with Crippen molar-refractivity contribution in [2.75, 3.05) is 12.0 Å². The van der Waals surface area contributed by atoms with Gasteiger partial charge in [0.05, 0.1) is 28.9 Å². The van der Waals surface area contributed by atoms with Crippen molar-refractivity contribution in [3.8, 4) is 11.5 Å². The number of methoxy groups -OCH3 is 1. The Morgan fingerprint density at radius 3 is 2.68 bits per heavy atom. The number of hydrogen-bond donors (Lipinski definition) is 1. The third kappa shape index (κ3) is 3.93. The number of ketones is 1. The third-order valence-corrected chi connectivity index (χ3v) is 7.84. The van der Waals surface area contributed by atoms with Crippen LogP contribution in [0.4, 0.5) is 5.13 Å². The molecule has 9 heteroatoms. The molecule has 1 fully saturated rings. The molecule has 4 aromatic rings. The SMILES string of the molecule is COc1ccc([C@@H]2C(=C(O)c3ccc4c(c3)C[C@H](C)O4)C(=O)C(=O)N2c2nc3ccc(Cl)cc3s2)cc1. The number of halogens is 1. The maximum atomic E-state index is 13.5. The number of carbonyl (C=O) groups is 2. The van der Waals surface area contributed by atoms with E-state index >= 15 is 0 Å². The Bertz CT molecular complexity index is 1610. The topological polar surface area (TPSA) is 89.0 Å². The van der Waals surface area contributed by atoms with Crippen molar-refractivity contribution in [1.82, 2.24) is 4.98 Å². The van der Waals surface area contributed by atoms with Crippen molar-refractivity contribution in [2.24, 2.45) is 0 Å². The number of thiazole rings is 1. The van der Waals surface area contributed by atoms with Gasteiger partial charge in [-0.15, -0.1) is 0 Å². The molecule has 7 nitrogen and oxygen atoms in total. The average molecular weight is 533 g/mol. The van der Waals surface area contributed by atoms with Crippen LogP contribution in [0.3, 0.4) is 0 Å². The van der Waals surface area contributed by atoms with Gasteiger partial charge in [-0.25, -0.2) is 4.98 Å². The van der Waals surface area contributed by atoms with Crippen LogP contribution >= 0.6 is 22.9 Å². The van der Waals surface area contributed by atoms with Crippen LogP contribution in [0.15, 0.2) is 66.2 Å². The first-order chi connectivity index (χ1) is 17.8. The molecule has 186 valence electrons. The van der Waals surface area contributed by atoms with Crippen LogP contribution in [0, 0.1) is 0 Å². The molecule has 1 N–H and O–H groups in total. The van der Waals surface area contributed by atoms with Gasteiger partial charge in [-0.1, -0.05) is 35.1 Å². The number of anilines is 1. The Balaban J connectivity index is 1.53. The zero-order valence-electron chi connectivity index (χ0n) is 19.9. The highest BCUT2D eigenvalue weighted by Crippen LogP contribution is 2.45. The van der Waals surface area contributed by atoms with E-state index in [1.54, 1.807) is 61.7 Å². The molecule has 0 radical (unpaired) electrons. The fraction of sp³-hybridized carbons (Fsp3) is 0.179. The maximum Gasteiger partial charge on any atom is 0.301 e. The van der Waals surface area contributed by atoms with Gasteiger partial charge in [0.25, 0.3) is 5.78 Å². The van der Waals surface area contributed by atoms with Crippen molar-refractivity contribution in [2.45, 2.75) is 25.5 Å². The van der Waals surface area contributed by atoms with Gasteiger partial charge in [0.15, 0.2) is 5.13 Å². The minimum atomic E-state index is -0.884. The summed E-state index contributed by atoms with van der Waals surface area (Å²) < 4.78 is 11.8. The van der Waals surface area contributed by atoms with E-state index in [2.05, 4.69) is 4.98 Å². The summed E-state index contributed by atoms with van der Waals surface area (Å²) in [5.74, 6) is -0.396. The molecular weight excluding hydrogens is 512 g/mol. The number of rotatable bonds is 4. The first-order valence-electron chi connectivity index (χ1n) is 11.6. The van der Waals surface area contributed by atoms with Gasteiger partial charge in [-0.3, -0.25) is 14.5 Å². The summed E-state index contributed by atoms with van der Waals surface area (Å²) in [6, 6.07) is 16.7. The molecule has 2 atom stereocenters. The molecule has 0 saturated carbocycles. The van der Waals surface area contributed by atoms with Crippen molar-refractivity contribution in [3.05, 3.63) is 87.9 Å². The summed E-state index contributed by atoms with van der Waals surface area (Å²) in [6.07, 6.45) is 0.728. The number of amides is 1. The number of nitrogens with zero attached hydrogens (tertiary/aromatic N) is 2. The van der Waals surface area contributed by atoms with Crippen LogP contribution in [0.1, 0.15) is 29.7 Å². The summed E-state index contributed by atoms with van der Waals surface area (Å²) >= 11 is 7.42. The zero-order valence-corrected chi connectivity index (χ0v) is 21.5. The fourth-order valence-electron chi connectivity index (χ4n) is 4.85. The third-order valence-electron chi connectivity index (χ3n) is 6.59. The molecule has 0 aliphatic carbocycles. The van der Waals surface area contributed by atoms with Gasteiger partial charge in [0, 0.05) is 17.0 Å². The molecule has 0 bridgehead atoms. The lowest BCUT2D eigenvalue weighted by Crippen LogP contribution is -2.29. The second-order valence-corrected chi connectivity index (χ2v) is 10.5. The molecule has 3 heterocycles. The van der Waals surface area contributed by atoms with E-state index in [1.165, 1.54) is 16.2 Å². The fourth-order valence-corrected chi connectivity index (χ4v) is 6.11. The van der Waals surface area contributed by atoms with E-state index in [4.69, 9.17) is 21.1 Å². The Hall–Kier alpha value is -3.88. The summed E-state index contributed by atoms with van der Waals surface area (Å²) in [5, 5.41) is 12.3. The number of benzene rings is 3.